The molecule has 0 aliphatic rings. The lowest BCUT2D eigenvalue weighted by molar-refractivity contribution is 0.907. The molecule has 0 aliphatic carbocycles. The molecule has 0 saturated carbocycles. The molecule has 3 heteroatoms. The minimum absolute atomic E-state index is 0.0582. The molecule has 0 radical (unpaired) electrons. The van der Waals surface area contributed by atoms with Gasteiger partial charge in [-0.3, -0.25) is 0 Å². The van der Waals surface area contributed by atoms with E-state index in [1.165, 1.54) is 16.7 Å². The molecule has 0 heterocycles. The van der Waals surface area contributed by atoms with Gasteiger partial charge < -0.3 is 0 Å². The molecular formula is C16H15Cl3. The molecule has 2 rings (SSSR count). The minimum Gasteiger partial charge on any atom is -0.117 e. The van der Waals surface area contributed by atoms with Crippen molar-refractivity contribution in [3.05, 3.63) is 68.7 Å². The number of hydrogen-bond acceptors (Lipinski definition) is 0. The van der Waals surface area contributed by atoms with Gasteiger partial charge in [0.05, 0.1) is 15.4 Å². The Balaban J connectivity index is 2.23. The molecular weight excluding hydrogens is 299 g/mol. The summed E-state index contributed by atoms with van der Waals surface area (Å²) in [5.74, 6) is 0. The van der Waals surface area contributed by atoms with E-state index in [0.717, 1.165) is 12.0 Å². The molecule has 0 spiro atoms. The zero-order chi connectivity index (χ0) is 14.0. The van der Waals surface area contributed by atoms with Crippen molar-refractivity contribution in [2.24, 2.45) is 0 Å². The Morgan fingerprint density at radius 3 is 2.42 bits per heavy atom. The highest BCUT2D eigenvalue weighted by Crippen LogP contribution is 2.31. The van der Waals surface area contributed by atoms with E-state index in [9.17, 15) is 0 Å². The van der Waals surface area contributed by atoms with Crippen LogP contribution in [0.1, 0.15) is 27.6 Å². The molecule has 1 atom stereocenters. The van der Waals surface area contributed by atoms with Crippen molar-refractivity contribution in [2.45, 2.75) is 25.6 Å². The fraction of sp³-hybridized carbons (Fsp3) is 0.250. The maximum atomic E-state index is 6.53. The molecule has 19 heavy (non-hydrogen) atoms. The zero-order valence-corrected chi connectivity index (χ0v) is 13.2. The molecule has 1 unspecified atom stereocenters. The molecule has 2 aromatic carbocycles. The topological polar surface area (TPSA) is 0 Å². The predicted octanol–water partition coefficient (Wildman–Crippen LogP) is 6.13. The normalized spacial score (nSPS) is 12.5. The SMILES string of the molecule is Cc1cccc(C(Cl)Cc2ccc(Cl)c(Cl)c2)c1C. The van der Waals surface area contributed by atoms with Crippen LogP contribution in [0.4, 0.5) is 0 Å². The summed E-state index contributed by atoms with van der Waals surface area (Å²) in [6.07, 6.45) is 0.739. The van der Waals surface area contributed by atoms with E-state index in [4.69, 9.17) is 34.8 Å². The summed E-state index contributed by atoms with van der Waals surface area (Å²) in [6, 6.07) is 11.9. The Morgan fingerprint density at radius 1 is 1.00 bits per heavy atom. The van der Waals surface area contributed by atoms with Crippen molar-refractivity contribution in [3.63, 3.8) is 0 Å². The van der Waals surface area contributed by atoms with Gasteiger partial charge in [0.25, 0.3) is 0 Å². The molecule has 0 aliphatic heterocycles. The molecule has 0 N–H and O–H groups in total. The van der Waals surface area contributed by atoms with Gasteiger partial charge in [0.2, 0.25) is 0 Å². The van der Waals surface area contributed by atoms with Gasteiger partial charge in [-0.2, -0.15) is 0 Å². The largest absolute Gasteiger partial charge is 0.117 e. The van der Waals surface area contributed by atoms with Gasteiger partial charge in [0, 0.05) is 0 Å². The second-order valence-electron chi connectivity index (χ2n) is 4.71. The van der Waals surface area contributed by atoms with Crippen LogP contribution in [0, 0.1) is 13.8 Å². The number of rotatable bonds is 3. The van der Waals surface area contributed by atoms with Crippen LogP contribution in [0.5, 0.6) is 0 Å². The summed E-state index contributed by atoms with van der Waals surface area (Å²) < 4.78 is 0. The van der Waals surface area contributed by atoms with Gasteiger partial charge in [-0.05, 0) is 54.7 Å². The lowest BCUT2D eigenvalue weighted by atomic mass is 9.97. The first-order chi connectivity index (χ1) is 8.99. The highest BCUT2D eigenvalue weighted by Gasteiger charge is 2.13. The molecule has 100 valence electrons. The maximum absolute atomic E-state index is 6.53. The van der Waals surface area contributed by atoms with Crippen molar-refractivity contribution in [3.8, 4) is 0 Å². The Kier molecular flexibility index (Phi) is 4.78. The second kappa shape index (κ2) is 6.17. The highest BCUT2D eigenvalue weighted by atomic mass is 35.5. The Hall–Kier alpha value is -0.690. The van der Waals surface area contributed by atoms with Gasteiger partial charge >= 0.3 is 0 Å². The number of benzene rings is 2. The third-order valence-corrected chi connectivity index (χ3v) is 4.51. The van der Waals surface area contributed by atoms with Crippen molar-refractivity contribution >= 4 is 34.8 Å². The first-order valence-corrected chi connectivity index (χ1v) is 7.32. The number of alkyl halides is 1. The van der Waals surface area contributed by atoms with Crippen molar-refractivity contribution in [2.75, 3.05) is 0 Å². The first-order valence-electron chi connectivity index (χ1n) is 6.13. The third-order valence-electron chi connectivity index (χ3n) is 3.38. The molecule has 0 bridgehead atoms. The molecule has 0 amide bonds. The fourth-order valence-corrected chi connectivity index (χ4v) is 2.83. The molecule has 2 aromatic rings. The monoisotopic (exact) mass is 312 g/mol. The number of aryl methyl sites for hydroxylation is 1. The van der Waals surface area contributed by atoms with Gasteiger partial charge in [0.15, 0.2) is 0 Å². The van der Waals surface area contributed by atoms with Crippen LogP contribution in [0.25, 0.3) is 0 Å². The van der Waals surface area contributed by atoms with E-state index in [-0.39, 0.29) is 5.38 Å². The van der Waals surface area contributed by atoms with Crippen molar-refractivity contribution in [1.82, 2.24) is 0 Å². The summed E-state index contributed by atoms with van der Waals surface area (Å²) >= 11 is 18.5. The molecule has 0 aromatic heterocycles. The molecule has 0 saturated heterocycles. The zero-order valence-electron chi connectivity index (χ0n) is 10.9. The predicted molar refractivity (Wildman–Crippen MR) is 84.7 cm³/mol. The summed E-state index contributed by atoms with van der Waals surface area (Å²) in [5.41, 5.74) is 4.78. The van der Waals surface area contributed by atoms with E-state index in [1.807, 2.05) is 24.3 Å². The Bertz CT molecular complexity index is 591. The molecule has 0 fully saturated rings. The Labute approximate surface area is 129 Å². The van der Waals surface area contributed by atoms with Crippen LogP contribution in [-0.4, -0.2) is 0 Å². The van der Waals surface area contributed by atoms with Crippen LogP contribution in [-0.2, 0) is 6.42 Å². The summed E-state index contributed by atoms with van der Waals surface area (Å²) in [6.45, 7) is 4.20. The highest BCUT2D eigenvalue weighted by molar-refractivity contribution is 6.42. The van der Waals surface area contributed by atoms with Gasteiger partial charge in [-0.15, -0.1) is 11.6 Å². The Morgan fingerprint density at radius 2 is 1.74 bits per heavy atom. The van der Waals surface area contributed by atoms with Gasteiger partial charge in [0.1, 0.15) is 0 Å². The van der Waals surface area contributed by atoms with E-state index < -0.39 is 0 Å². The number of hydrogen-bond donors (Lipinski definition) is 0. The van der Waals surface area contributed by atoms with Crippen LogP contribution < -0.4 is 0 Å². The maximum Gasteiger partial charge on any atom is 0.0628 e. The van der Waals surface area contributed by atoms with E-state index in [1.54, 1.807) is 0 Å². The second-order valence-corrected chi connectivity index (χ2v) is 6.05. The van der Waals surface area contributed by atoms with Crippen LogP contribution in [0.15, 0.2) is 36.4 Å². The summed E-state index contributed by atoms with van der Waals surface area (Å²) in [5, 5.41) is 1.09. The van der Waals surface area contributed by atoms with E-state index in [0.29, 0.717) is 10.0 Å². The number of halogens is 3. The first kappa shape index (κ1) is 14.7. The van der Waals surface area contributed by atoms with Crippen LogP contribution >= 0.6 is 34.8 Å². The molecule has 0 nitrogen and oxygen atoms in total. The summed E-state index contributed by atoms with van der Waals surface area (Å²) in [4.78, 5) is 0. The standard InChI is InChI=1S/C16H15Cl3/c1-10-4-3-5-13(11(10)2)15(18)8-12-6-7-14(17)16(19)9-12/h3-7,9,15H,8H2,1-2H3. The minimum atomic E-state index is -0.0582. The fourth-order valence-electron chi connectivity index (χ4n) is 2.10. The van der Waals surface area contributed by atoms with Crippen molar-refractivity contribution < 1.29 is 0 Å². The van der Waals surface area contributed by atoms with Gasteiger partial charge in [-0.1, -0.05) is 47.5 Å². The van der Waals surface area contributed by atoms with Gasteiger partial charge in [-0.25, -0.2) is 0 Å². The van der Waals surface area contributed by atoms with E-state index >= 15 is 0 Å². The van der Waals surface area contributed by atoms with E-state index in [2.05, 4.69) is 26.0 Å². The third kappa shape index (κ3) is 3.45. The van der Waals surface area contributed by atoms with Crippen LogP contribution in [0.2, 0.25) is 10.0 Å². The van der Waals surface area contributed by atoms with Crippen LogP contribution in [0.3, 0.4) is 0 Å². The quantitative estimate of drug-likeness (QED) is 0.598. The lowest BCUT2D eigenvalue weighted by Crippen LogP contribution is -2.00. The summed E-state index contributed by atoms with van der Waals surface area (Å²) in [7, 11) is 0. The average molecular weight is 314 g/mol. The average Bonchev–Trinajstić information content (AvgIpc) is 2.37. The van der Waals surface area contributed by atoms with Crippen molar-refractivity contribution in [1.29, 1.82) is 0 Å². The smallest absolute Gasteiger partial charge is 0.0628 e. The lowest BCUT2D eigenvalue weighted by Gasteiger charge is -2.15.